The molecule has 0 radical (unpaired) electrons. The molecule has 0 aromatic carbocycles. The molecule has 3 fully saturated rings. The van der Waals surface area contributed by atoms with Crippen LogP contribution in [0.2, 0.25) is 0 Å². The summed E-state index contributed by atoms with van der Waals surface area (Å²) < 4.78 is 10.6. The molecule has 0 unspecified atom stereocenters. The first kappa shape index (κ1) is 20.3. The van der Waals surface area contributed by atoms with Gasteiger partial charge in [-0.1, -0.05) is 24.4 Å². The maximum absolute atomic E-state index is 12.6. The zero-order chi connectivity index (χ0) is 20.4. The van der Waals surface area contributed by atoms with Gasteiger partial charge in [-0.25, -0.2) is 0 Å². The molecule has 2 heterocycles. The second-order valence-corrected chi connectivity index (χ2v) is 9.12. The molecule has 29 heavy (non-hydrogen) atoms. The molecule has 1 aromatic rings. The summed E-state index contributed by atoms with van der Waals surface area (Å²) in [5.74, 6) is 2.06. The Kier molecular flexibility index (Phi) is 5.90. The minimum Gasteiger partial charge on any atom is -0.375 e. The number of methoxy groups -OCH3 is 1. The average Bonchev–Trinajstić information content (AvgIpc) is 3.35. The van der Waals surface area contributed by atoms with Gasteiger partial charge in [0.2, 0.25) is 17.7 Å². The Morgan fingerprint density at radius 3 is 2.79 bits per heavy atom. The van der Waals surface area contributed by atoms with Gasteiger partial charge in [-0.3, -0.25) is 9.59 Å². The van der Waals surface area contributed by atoms with Crippen LogP contribution in [0.4, 0.5) is 0 Å². The molecule has 8 nitrogen and oxygen atoms in total. The number of fused-ring (bicyclic) bond motifs is 1. The minimum atomic E-state index is -0.382. The maximum atomic E-state index is 12.6. The lowest BCUT2D eigenvalue weighted by atomic mass is 9.80. The highest BCUT2D eigenvalue weighted by Gasteiger charge is 2.58. The second-order valence-electron chi connectivity index (χ2n) is 9.12. The number of nitrogens with one attached hydrogen (secondary N) is 1. The monoisotopic (exact) mass is 404 g/mol. The number of nitrogens with zero attached hydrogens (tertiary/aromatic N) is 3. The van der Waals surface area contributed by atoms with E-state index in [4.69, 9.17) is 9.26 Å². The lowest BCUT2D eigenvalue weighted by molar-refractivity contribution is -0.134. The number of hydrogen-bond donors (Lipinski definition) is 1. The SMILES string of the molecule is COCC(=O)N1C[C@@H]2C[C@@H](NC(=O)CC3CCCCC3)C[C@]2(c2nc(C)no2)C1. The molecule has 3 atom stereocenters. The molecule has 2 saturated carbocycles. The summed E-state index contributed by atoms with van der Waals surface area (Å²) in [5.41, 5.74) is -0.382. The highest BCUT2D eigenvalue weighted by Crippen LogP contribution is 2.50. The largest absolute Gasteiger partial charge is 0.375 e. The molecule has 3 aliphatic rings. The van der Waals surface area contributed by atoms with Crippen LogP contribution < -0.4 is 5.32 Å². The second kappa shape index (κ2) is 8.42. The molecule has 1 aliphatic heterocycles. The minimum absolute atomic E-state index is 0.0182. The van der Waals surface area contributed by atoms with Crippen molar-refractivity contribution in [1.29, 1.82) is 0 Å². The van der Waals surface area contributed by atoms with Crippen LogP contribution in [0.5, 0.6) is 0 Å². The average molecular weight is 405 g/mol. The van der Waals surface area contributed by atoms with Gasteiger partial charge in [-0.2, -0.15) is 4.98 Å². The molecular formula is C21H32N4O4. The highest BCUT2D eigenvalue weighted by molar-refractivity contribution is 5.78. The molecular weight excluding hydrogens is 372 g/mol. The quantitative estimate of drug-likeness (QED) is 0.778. The fourth-order valence-electron chi connectivity index (χ4n) is 5.66. The standard InChI is InChI=1S/C21H32N4O4/c1-14-22-20(29-24-14)21-10-17(23-18(26)8-15-6-4-3-5-7-15)9-16(21)11-25(13-21)19(27)12-28-2/h15-17H,3-13H2,1-2H3,(H,23,26)/t16-,17+,21-/m0/s1. The molecule has 2 aliphatic carbocycles. The molecule has 0 spiro atoms. The Morgan fingerprint density at radius 2 is 2.10 bits per heavy atom. The molecule has 1 aromatic heterocycles. The number of ether oxygens (including phenoxy) is 1. The Hall–Kier alpha value is -1.96. The number of hydrogen-bond acceptors (Lipinski definition) is 6. The first-order chi connectivity index (χ1) is 14.0. The summed E-state index contributed by atoms with van der Waals surface area (Å²) >= 11 is 0. The summed E-state index contributed by atoms with van der Waals surface area (Å²) in [4.78, 5) is 31.4. The molecule has 1 N–H and O–H groups in total. The van der Waals surface area contributed by atoms with Crippen molar-refractivity contribution in [3.8, 4) is 0 Å². The van der Waals surface area contributed by atoms with Gasteiger partial charge in [0.25, 0.3) is 0 Å². The molecule has 8 heteroatoms. The van der Waals surface area contributed by atoms with E-state index in [0.717, 1.165) is 12.8 Å². The van der Waals surface area contributed by atoms with E-state index in [0.29, 0.717) is 37.1 Å². The van der Waals surface area contributed by atoms with Gasteiger partial charge in [-0.05, 0) is 44.4 Å². The fraction of sp³-hybridized carbons (Fsp3) is 0.810. The Bertz CT molecular complexity index is 745. The summed E-state index contributed by atoms with van der Waals surface area (Å²) in [6.45, 7) is 3.06. The van der Waals surface area contributed by atoms with Crippen LogP contribution in [0.3, 0.4) is 0 Å². The van der Waals surface area contributed by atoms with Gasteiger partial charge in [-0.15, -0.1) is 0 Å². The van der Waals surface area contributed by atoms with E-state index in [1.807, 2.05) is 4.90 Å². The van der Waals surface area contributed by atoms with E-state index in [9.17, 15) is 9.59 Å². The molecule has 160 valence electrons. The third kappa shape index (κ3) is 4.17. The Morgan fingerprint density at radius 1 is 1.31 bits per heavy atom. The third-order valence-electron chi connectivity index (χ3n) is 7.01. The van der Waals surface area contributed by atoms with E-state index in [-0.39, 0.29) is 35.8 Å². The first-order valence-corrected chi connectivity index (χ1v) is 10.9. The van der Waals surface area contributed by atoms with Gasteiger partial charge in [0.1, 0.15) is 6.61 Å². The normalized spacial score (nSPS) is 29.8. The lowest BCUT2D eigenvalue weighted by Gasteiger charge is -2.26. The van der Waals surface area contributed by atoms with Gasteiger partial charge >= 0.3 is 0 Å². The number of carbonyl (C=O) groups is 2. The van der Waals surface area contributed by atoms with Crippen LogP contribution in [-0.2, 0) is 19.7 Å². The van der Waals surface area contributed by atoms with Crippen molar-refractivity contribution in [2.24, 2.45) is 11.8 Å². The summed E-state index contributed by atoms with van der Waals surface area (Å²) in [5, 5.41) is 7.25. The molecule has 4 rings (SSSR count). The van der Waals surface area contributed by atoms with Gasteiger partial charge in [0.15, 0.2) is 5.82 Å². The van der Waals surface area contributed by atoms with Crippen molar-refractivity contribution in [2.45, 2.75) is 69.7 Å². The number of likely N-dealkylation sites (tertiary alicyclic amines) is 1. The van der Waals surface area contributed by atoms with Crippen molar-refractivity contribution < 1.29 is 18.8 Å². The zero-order valence-electron chi connectivity index (χ0n) is 17.5. The van der Waals surface area contributed by atoms with E-state index in [2.05, 4.69) is 15.5 Å². The van der Waals surface area contributed by atoms with E-state index >= 15 is 0 Å². The van der Waals surface area contributed by atoms with Gasteiger partial charge in [0.05, 0.1) is 5.41 Å². The highest BCUT2D eigenvalue weighted by atomic mass is 16.5. The van der Waals surface area contributed by atoms with Gasteiger partial charge in [0, 0.05) is 32.7 Å². The van der Waals surface area contributed by atoms with Crippen LogP contribution in [0.1, 0.15) is 63.1 Å². The fourth-order valence-corrected chi connectivity index (χ4v) is 5.66. The van der Waals surface area contributed by atoms with Crippen molar-refractivity contribution in [2.75, 3.05) is 26.8 Å². The summed E-state index contributed by atoms with van der Waals surface area (Å²) in [6.07, 6.45) is 8.31. The van der Waals surface area contributed by atoms with Crippen molar-refractivity contribution >= 4 is 11.8 Å². The van der Waals surface area contributed by atoms with E-state index in [1.165, 1.54) is 39.2 Å². The number of aryl methyl sites for hydroxylation is 1. The van der Waals surface area contributed by atoms with Crippen molar-refractivity contribution in [3.05, 3.63) is 11.7 Å². The molecule has 1 saturated heterocycles. The van der Waals surface area contributed by atoms with Crippen molar-refractivity contribution in [3.63, 3.8) is 0 Å². The van der Waals surface area contributed by atoms with Crippen LogP contribution in [0.25, 0.3) is 0 Å². The summed E-state index contributed by atoms with van der Waals surface area (Å²) in [7, 11) is 1.53. The molecule has 0 bridgehead atoms. The van der Waals surface area contributed by atoms with Crippen molar-refractivity contribution in [1.82, 2.24) is 20.4 Å². The van der Waals surface area contributed by atoms with Gasteiger partial charge < -0.3 is 19.5 Å². The maximum Gasteiger partial charge on any atom is 0.248 e. The number of carbonyl (C=O) groups excluding carboxylic acids is 2. The predicted octanol–water partition coefficient (Wildman–Crippen LogP) is 1.97. The molecule has 2 amide bonds. The lowest BCUT2D eigenvalue weighted by Crippen LogP contribution is -2.40. The number of aromatic nitrogens is 2. The third-order valence-corrected chi connectivity index (χ3v) is 7.01. The van der Waals surface area contributed by atoms with E-state index in [1.54, 1.807) is 6.92 Å². The predicted molar refractivity (Wildman–Crippen MR) is 105 cm³/mol. The van der Waals surface area contributed by atoms with Crippen LogP contribution in [0.15, 0.2) is 4.52 Å². The Balaban J connectivity index is 1.44. The summed E-state index contributed by atoms with van der Waals surface area (Å²) in [6, 6.07) is 0.0861. The topological polar surface area (TPSA) is 97.6 Å². The zero-order valence-corrected chi connectivity index (χ0v) is 17.5. The van der Waals surface area contributed by atoms with Crippen LogP contribution in [0, 0.1) is 18.8 Å². The number of rotatable bonds is 6. The van der Waals surface area contributed by atoms with Crippen LogP contribution >= 0.6 is 0 Å². The van der Waals surface area contributed by atoms with E-state index < -0.39 is 0 Å². The van der Waals surface area contributed by atoms with Crippen LogP contribution in [-0.4, -0.2) is 59.7 Å². The Labute approximate surface area is 171 Å². The first-order valence-electron chi connectivity index (χ1n) is 10.9. The smallest absolute Gasteiger partial charge is 0.248 e. The number of amides is 2.